The van der Waals surface area contributed by atoms with Gasteiger partial charge in [-0.1, -0.05) is 39.0 Å². The molecule has 0 aliphatic heterocycles. The van der Waals surface area contributed by atoms with E-state index >= 15 is 0 Å². The van der Waals surface area contributed by atoms with Gasteiger partial charge < -0.3 is 4.74 Å². The van der Waals surface area contributed by atoms with Gasteiger partial charge in [-0.2, -0.15) is 4.98 Å². The summed E-state index contributed by atoms with van der Waals surface area (Å²) < 4.78 is 5.86. The lowest BCUT2D eigenvalue weighted by atomic mass is 9.86. The van der Waals surface area contributed by atoms with Crippen LogP contribution in [0.15, 0.2) is 30.3 Å². The molecule has 2 rings (SSSR count). The van der Waals surface area contributed by atoms with Crippen molar-refractivity contribution >= 4 is 11.6 Å². The lowest BCUT2D eigenvalue weighted by Gasteiger charge is -2.22. The molecule has 1 aromatic heterocycles. The van der Waals surface area contributed by atoms with Crippen molar-refractivity contribution in [3.8, 4) is 11.6 Å². The molecule has 4 heteroatoms. The van der Waals surface area contributed by atoms with Crippen LogP contribution in [-0.4, -0.2) is 9.97 Å². The van der Waals surface area contributed by atoms with Crippen LogP contribution < -0.4 is 4.74 Å². The molecule has 0 fully saturated rings. The average molecular weight is 277 g/mol. The van der Waals surface area contributed by atoms with Crippen LogP contribution in [0.5, 0.6) is 11.6 Å². The number of halogens is 1. The number of rotatable bonds is 2. The number of hydrogen-bond acceptors (Lipinski definition) is 3. The van der Waals surface area contributed by atoms with Crippen molar-refractivity contribution in [1.82, 2.24) is 9.97 Å². The number of ether oxygens (including phenoxy) is 1. The molecule has 3 nitrogen and oxygen atoms in total. The number of aryl methyl sites for hydroxylation is 1. The molecule has 0 unspecified atom stereocenters. The minimum atomic E-state index is 0.00244. The first kappa shape index (κ1) is 13.8. The molecule has 1 aromatic carbocycles. The van der Waals surface area contributed by atoms with Crippen LogP contribution in [0.3, 0.4) is 0 Å². The second kappa shape index (κ2) is 5.17. The van der Waals surface area contributed by atoms with Gasteiger partial charge in [0.25, 0.3) is 0 Å². The third kappa shape index (κ3) is 3.44. The second-order valence-electron chi connectivity index (χ2n) is 5.46. The first-order valence-electron chi connectivity index (χ1n) is 6.15. The molecule has 2 aromatic rings. The van der Waals surface area contributed by atoms with Gasteiger partial charge in [0.1, 0.15) is 5.75 Å². The van der Waals surface area contributed by atoms with Crippen LogP contribution in [0.1, 0.15) is 32.0 Å². The van der Waals surface area contributed by atoms with Crippen LogP contribution in [-0.2, 0) is 5.41 Å². The number of para-hydroxylation sites is 1. The van der Waals surface area contributed by atoms with Gasteiger partial charge in [-0.3, -0.25) is 0 Å². The van der Waals surface area contributed by atoms with Crippen molar-refractivity contribution in [2.75, 3.05) is 0 Å². The smallest absolute Gasteiger partial charge is 0.225 e. The largest absolute Gasteiger partial charge is 0.439 e. The predicted molar refractivity (Wildman–Crippen MR) is 77.0 cm³/mol. The van der Waals surface area contributed by atoms with Crippen LogP contribution in [0, 0.1) is 6.92 Å². The molecule has 0 atom stereocenters. The molecular weight excluding hydrogens is 260 g/mol. The molecular formula is C15H17ClN2O. The zero-order valence-corrected chi connectivity index (χ0v) is 12.3. The van der Waals surface area contributed by atoms with Crippen molar-refractivity contribution in [3.05, 3.63) is 46.9 Å². The van der Waals surface area contributed by atoms with E-state index in [0.717, 1.165) is 17.0 Å². The van der Waals surface area contributed by atoms with E-state index in [4.69, 9.17) is 16.3 Å². The highest BCUT2D eigenvalue weighted by Crippen LogP contribution is 2.33. The average Bonchev–Trinajstić information content (AvgIpc) is 2.26. The predicted octanol–water partition coefficient (Wildman–Crippen LogP) is 4.53. The maximum absolute atomic E-state index is 5.86. The third-order valence-electron chi connectivity index (χ3n) is 2.71. The van der Waals surface area contributed by atoms with Crippen LogP contribution in [0.2, 0.25) is 5.28 Å². The van der Waals surface area contributed by atoms with Crippen LogP contribution in [0.25, 0.3) is 0 Å². The Balaban J connectivity index is 2.38. The van der Waals surface area contributed by atoms with E-state index in [0.29, 0.717) is 5.88 Å². The molecule has 0 amide bonds. The summed E-state index contributed by atoms with van der Waals surface area (Å²) in [6, 6.07) is 9.72. The molecule has 0 saturated carbocycles. The highest BCUT2D eigenvalue weighted by atomic mass is 35.5. The number of nitrogens with zero attached hydrogens (tertiary/aromatic N) is 2. The lowest BCUT2D eigenvalue weighted by Crippen LogP contribution is -2.12. The topological polar surface area (TPSA) is 35.0 Å². The van der Waals surface area contributed by atoms with E-state index in [2.05, 4.69) is 36.8 Å². The van der Waals surface area contributed by atoms with E-state index in [1.807, 2.05) is 25.1 Å². The van der Waals surface area contributed by atoms with Gasteiger partial charge in [-0.15, -0.1) is 0 Å². The Hall–Kier alpha value is -1.61. The maximum atomic E-state index is 5.86. The Morgan fingerprint density at radius 3 is 2.42 bits per heavy atom. The van der Waals surface area contributed by atoms with Crippen molar-refractivity contribution in [1.29, 1.82) is 0 Å². The second-order valence-corrected chi connectivity index (χ2v) is 5.80. The Kier molecular flexibility index (Phi) is 3.76. The van der Waals surface area contributed by atoms with E-state index < -0.39 is 0 Å². The van der Waals surface area contributed by atoms with E-state index in [1.54, 1.807) is 6.07 Å². The minimum absolute atomic E-state index is 0.00244. The maximum Gasteiger partial charge on any atom is 0.225 e. The van der Waals surface area contributed by atoms with Crippen LogP contribution >= 0.6 is 11.6 Å². The first-order chi connectivity index (χ1) is 8.86. The van der Waals surface area contributed by atoms with Gasteiger partial charge in [-0.05, 0) is 30.0 Å². The normalized spacial score (nSPS) is 11.4. The molecule has 0 N–H and O–H groups in total. The van der Waals surface area contributed by atoms with E-state index in [9.17, 15) is 0 Å². The van der Waals surface area contributed by atoms with Crippen molar-refractivity contribution in [2.45, 2.75) is 33.1 Å². The standard InChI is InChI=1S/C15H17ClN2O/c1-10-9-13(18-14(16)17-10)19-12-8-6-5-7-11(12)15(2,3)4/h5-9H,1-4H3. The van der Waals surface area contributed by atoms with Gasteiger partial charge in [0.05, 0.1) is 0 Å². The molecule has 0 radical (unpaired) electrons. The van der Waals surface area contributed by atoms with Gasteiger partial charge in [0, 0.05) is 17.3 Å². The minimum Gasteiger partial charge on any atom is -0.439 e. The zero-order valence-electron chi connectivity index (χ0n) is 11.6. The molecule has 0 aliphatic carbocycles. The molecule has 0 aliphatic rings. The van der Waals surface area contributed by atoms with Crippen molar-refractivity contribution in [2.24, 2.45) is 0 Å². The Morgan fingerprint density at radius 2 is 1.79 bits per heavy atom. The van der Waals surface area contributed by atoms with Crippen LogP contribution in [0.4, 0.5) is 0 Å². The fourth-order valence-corrected chi connectivity index (χ4v) is 2.06. The number of aromatic nitrogens is 2. The summed E-state index contributed by atoms with van der Waals surface area (Å²) in [7, 11) is 0. The lowest BCUT2D eigenvalue weighted by molar-refractivity contribution is 0.438. The van der Waals surface area contributed by atoms with Gasteiger partial charge in [0.2, 0.25) is 11.2 Å². The third-order valence-corrected chi connectivity index (χ3v) is 2.88. The summed E-state index contributed by atoms with van der Waals surface area (Å²) >= 11 is 5.84. The molecule has 0 bridgehead atoms. The zero-order chi connectivity index (χ0) is 14.0. The van der Waals surface area contributed by atoms with E-state index in [-0.39, 0.29) is 10.7 Å². The summed E-state index contributed by atoms with van der Waals surface area (Å²) in [5.74, 6) is 1.26. The van der Waals surface area contributed by atoms with Crippen molar-refractivity contribution < 1.29 is 4.74 Å². The Bertz CT molecular complexity index is 571. The highest BCUT2D eigenvalue weighted by molar-refractivity contribution is 6.28. The van der Waals surface area contributed by atoms with Crippen molar-refractivity contribution in [3.63, 3.8) is 0 Å². The molecule has 0 spiro atoms. The highest BCUT2D eigenvalue weighted by Gasteiger charge is 2.19. The fourth-order valence-electron chi connectivity index (χ4n) is 1.84. The summed E-state index contributed by atoms with van der Waals surface area (Å²) in [6.45, 7) is 8.30. The molecule has 0 saturated heterocycles. The number of hydrogen-bond donors (Lipinski definition) is 0. The molecule has 1 heterocycles. The SMILES string of the molecule is Cc1cc(Oc2ccccc2C(C)(C)C)nc(Cl)n1. The van der Waals surface area contributed by atoms with Gasteiger partial charge in [0.15, 0.2) is 0 Å². The summed E-state index contributed by atoms with van der Waals surface area (Å²) in [6.07, 6.45) is 0. The quantitative estimate of drug-likeness (QED) is 0.756. The molecule has 19 heavy (non-hydrogen) atoms. The Morgan fingerprint density at radius 1 is 1.11 bits per heavy atom. The van der Waals surface area contributed by atoms with E-state index in [1.165, 1.54) is 0 Å². The first-order valence-corrected chi connectivity index (χ1v) is 6.52. The summed E-state index contributed by atoms with van der Waals surface area (Å²) in [4.78, 5) is 8.11. The number of benzene rings is 1. The van der Waals surface area contributed by atoms with Gasteiger partial charge in [-0.25, -0.2) is 4.98 Å². The summed E-state index contributed by atoms with van der Waals surface area (Å²) in [5.41, 5.74) is 1.91. The monoisotopic (exact) mass is 276 g/mol. The fraction of sp³-hybridized carbons (Fsp3) is 0.333. The molecule has 100 valence electrons. The van der Waals surface area contributed by atoms with Gasteiger partial charge >= 0.3 is 0 Å². The Labute approximate surface area is 118 Å². The summed E-state index contributed by atoms with van der Waals surface area (Å²) in [5, 5.41) is 0.197.